The highest BCUT2D eigenvalue weighted by Gasteiger charge is 2.15. The molecule has 0 atom stereocenters. The second kappa shape index (κ2) is 8.89. The normalized spacial score (nSPS) is 11.3. The Balaban J connectivity index is 1.69. The third-order valence-corrected chi connectivity index (χ3v) is 5.76. The highest BCUT2D eigenvalue weighted by molar-refractivity contribution is 7.92. The minimum atomic E-state index is -3.72. The number of carbonyl (C=O) groups is 1. The fourth-order valence-electron chi connectivity index (χ4n) is 2.82. The Morgan fingerprint density at radius 1 is 0.929 bits per heavy atom. The first kappa shape index (κ1) is 19.9. The van der Waals surface area contributed by atoms with Gasteiger partial charge in [0.15, 0.2) is 0 Å². The molecule has 0 fully saturated rings. The van der Waals surface area contributed by atoms with Gasteiger partial charge >= 0.3 is 5.97 Å². The molecule has 0 aliphatic heterocycles. The zero-order chi connectivity index (χ0) is 20.0. The van der Waals surface area contributed by atoms with Gasteiger partial charge in [0, 0.05) is 5.69 Å². The zero-order valence-electron chi connectivity index (χ0n) is 15.7. The molecule has 0 spiro atoms. The molecule has 3 aromatic rings. The van der Waals surface area contributed by atoms with Crippen molar-refractivity contribution in [1.29, 1.82) is 0 Å². The van der Waals surface area contributed by atoms with Crippen molar-refractivity contribution in [1.82, 2.24) is 0 Å². The highest BCUT2D eigenvalue weighted by atomic mass is 32.2. The van der Waals surface area contributed by atoms with Crippen molar-refractivity contribution in [3.63, 3.8) is 0 Å². The number of anilines is 1. The van der Waals surface area contributed by atoms with Crippen molar-refractivity contribution in [3.8, 4) is 0 Å². The summed E-state index contributed by atoms with van der Waals surface area (Å²) in [4.78, 5) is 12.2. The van der Waals surface area contributed by atoms with Crippen LogP contribution in [0.5, 0.6) is 0 Å². The predicted octanol–water partition coefficient (Wildman–Crippen LogP) is 4.99. The molecule has 3 aromatic carbocycles. The van der Waals surface area contributed by atoms with Crippen molar-refractivity contribution in [3.05, 3.63) is 72.3 Å². The van der Waals surface area contributed by atoms with Gasteiger partial charge < -0.3 is 4.74 Å². The molecular weight excluding hydrogens is 374 g/mol. The summed E-state index contributed by atoms with van der Waals surface area (Å²) in [6.07, 6.45) is 2.91. The number of benzene rings is 3. The third kappa shape index (κ3) is 4.89. The van der Waals surface area contributed by atoms with E-state index in [1.165, 1.54) is 0 Å². The van der Waals surface area contributed by atoms with Gasteiger partial charge in [0.25, 0.3) is 10.0 Å². The predicted molar refractivity (Wildman–Crippen MR) is 111 cm³/mol. The van der Waals surface area contributed by atoms with Crippen LogP contribution in [0, 0.1) is 0 Å². The summed E-state index contributed by atoms with van der Waals surface area (Å²) >= 11 is 0. The number of sulfonamides is 1. The Hall–Kier alpha value is -2.86. The summed E-state index contributed by atoms with van der Waals surface area (Å²) in [6.45, 7) is 2.47. The first-order chi connectivity index (χ1) is 13.5. The summed E-state index contributed by atoms with van der Waals surface area (Å²) in [7, 11) is -3.72. The van der Waals surface area contributed by atoms with Crippen molar-refractivity contribution in [2.75, 3.05) is 11.3 Å². The fraction of sp³-hybridized carbons (Fsp3) is 0.227. The van der Waals surface area contributed by atoms with Gasteiger partial charge in [0.2, 0.25) is 0 Å². The summed E-state index contributed by atoms with van der Waals surface area (Å²) in [5, 5.41) is 1.83. The van der Waals surface area contributed by atoms with Gasteiger partial charge in [-0.05, 0) is 53.6 Å². The fourth-order valence-corrected chi connectivity index (χ4v) is 3.92. The van der Waals surface area contributed by atoms with E-state index in [2.05, 4.69) is 11.6 Å². The Morgan fingerprint density at radius 3 is 2.36 bits per heavy atom. The van der Waals surface area contributed by atoms with E-state index in [1.54, 1.807) is 42.5 Å². The van der Waals surface area contributed by atoms with Crippen LogP contribution in [0.4, 0.5) is 5.69 Å². The molecule has 1 N–H and O–H groups in total. The van der Waals surface area contributed by atoms with Crippen LogP contribution >= 0.6 is 0 Å². The van der Waals surface area contributed by atoms with E-state index in [0.29, 0.717) is 17.9 Å². The maximum atomic E-state index is 12.7. The highest BCUT2D eigenvalue weighted by Crippen LogP contribution is 2.21. The van der Waals surface area contributed by atoms with Gasteiger partial charge in [-0.25, -0.2) is 13.2 Å². The van der Waals surface area contributed by atoms with Crippen molar-refractivity contribution in [2.24, 2.45) is 0 Å². The zero-order valence-corrected chi connectivity index (χ0v) is 16.5. The third-order valence-electron chi connectivity index (χ3n) is 4.39. The van der Waals surface area contributed by atoms with E-state index in [0.717, 1.165) is 30.0 Å². The molecule has 0 aliphatic rings. The second-order valence-corrected chi connectivity index (χ2v) is 8.22. The van der Waals surface area contributed by atoms with Crippen molar-refractivity contribution < 1.29 is 17.9 Å². The molecule has 5 nitrogen and oxygen atoms in total. The number of carbonyl (C=O) groups excluding carboxylic acids is 1. The van der Waals surface area contributed by atoms with E-state index >= 15 is 0 Å². The standard InChI is InChI=1S/C22H23NO4S/c1-2-3-6-15-27-22(24)18-9-12-20(13-10-18)23-28(25,26)21-14-11-17-7-4-5-8-19(17)16-21/h4-5,7-14,16,23H,2-3,6,15H2,1H3. The molecule has 0 saturated carbocycles. The van der Waals surface area contributed by atoms with Crippen LogP contribution in [0.1, 0.15) is 36.5 Å². The number of unbranched alkanes of at least 4 members (excludes halogenated alkanes) is 2. The molecule has 0 heterocycles. The van der Waals surface area contributed by atoms with Gasteiger partial charge in [0.05, 0.1) is 17.1 Å². The maximum absolute atomic E-state index is 12.7. The minimum Gasteiger partial charge on any atom is -0.462 e. The Morgan fingerprint density at radius 2 is 1.64 bits per heavy atom. The lowest BCUT2D eigenvalue weighted by atomic mass is 10.1. The Labute approximate surface area is 165 Å². The van der Waals surface area contributed by atoms with E-state index in [-0.39, 0.29) is 4.90 Å². The Bertz CT molecular complexity index is 1060. The van der Waals surface area contributed by atoms with E-state index in [1.807, 2.05) is 24.3 Å². The van der Waals surface area contributed by atoms with Gasteiger partial charge in [-0.2, -0.15) is 0 Å². The maximum Gasteiger partial charge on any atom is 0.338 e. The quantitative estimate of drug-likeness (QED) is 0.429. The van der Waals surface area contributed by atoms with Crippen LogP contribution in [-0.4, -0.2) is 21.0 Å². The Kier molecular flexibility index (Phi) is 6.31. The minimum absolute atomic E-state index is 0.186. The molecule has 28 heavy (non-hydrogen) atoms. The molecule has 0 unspecified atom stereocenters. The number of hydrogen-bond donors (Lipinski definition) is 1. The SMILES string of the molecule is CCCCCOC(=O)c1ccc(NS(=O)(=O)c2ccc3ccccc3c2)cc1. The molecule has 0 aliphatic carbocycles. The average Bonchev–Trinajstić information content (AvgIpc) is 2.71. The topological polar surface area (TPSA) is 72.5 Å². The number of hydrogen-bond acceptors (Lipinski definition) is 4. The number of esters is 1. The van der Waals surface area contributed by atoms with E-state index in [4.69, 9.17) is 4.74 Å². The lowest BCUT2D eigenvalue weighted by molar-refractivity contribution is 0.0498. The number of ether oxygens (including phenoxy) is 1. The largest absolute Gasteiger partial charge is 0.462 e. The lowest BCUT2D eigenvalue weighted by Crippen LogP contribution is -2.13. The second-order valence-electron chi connectivity index (χ2n) is 6.53. The molecular formula is C22H23NO4S. The molecule has 0 saturated heterocycles. The molecule has 0 amide bonds. The van der Waals surface area contributed by atoms with Crippen molar-refractivity contribution in [2.45, 2.75) is 31.1 Å². The average molecular weight is 397 g/mol. The number of fused-ring (bicyclic) bond motifs is 1. The van der Waals surface area contributed by atoms with Crippen LogP contribution in [0.3, 0.4) is 0 Å². The molecule has 3 rings (SSSR count). The molecule has 146 valence electrons. The lowest BCUT2D eigenvalue weighted by Gasteiger charge is -2.10. The van der Waals surface area contributed by atoms with Gasteiger partial charge in [0.1, 0.15) is 0 Å². The van der Waals surface area contributed by atoms with Crippen LogP contribution in [0.2, 0.25) is 0 Å². The first-order valence-corrected chi connectivity index (χ1v) is 10.8. The van der Waals surface area contributed by atoms with Gasteiger partial charge in [-0.3, -0.25) is 4.72 Å². The van der Waals surface area contributed by atoms with Gasteiger partial charge in [-0.15, -0.1) is 0 Å². The first-order valence-electron chi connectivity index (χ1n) is 9.28. The molecule has 6 heteroatoms. The monoisotopic (exact) mass is 397 g/mol. The van der Waals surface area contributed by atoms with Crippen LogP contribution < -0.4 is 4.72 Å². The molecule has 0 aromatic heterocycles. The summed E-state index contributed by atoms with van der Waals surface area (Å²) < 4.78 is 33.1. The number of nitrogens with one attached hydrogen (secondary N) is 1. The smallest absolute Gasteiger partial charge is 0.338 e. The van der Waals surface area contributed by atoms with Gasteiger partial charge in [-0.1, -0.05) is 50.1 Å². The van der Waals surface area contributed by atoms with Crippen molar-refractivity contribution >= 4 is 32.5 Å². The van der Waals surface area contributed by atoms with Crippen LogP contribution in [0.25, 0.3) is 10.8 Å². The molecule has 0 bridgehead atoms. The summed E-state index contributed by atoms with van der Waals surface area (Å²) in [5.41, 5.74) is 0.779. The van der Waals surface area contributed by atoms with Crippen LogP contribution in [0.15, 0.2) is 71.6 Å². The van der Waals surface area contributed by atoms with E-state index < -0.39 is 16.0 Å². The number of rotatable bonds is 8. The van der Waals surface area contributed by atoms with Crippen LogP contribution in [-0.2, 0) is 14.8 Å². The molecule has 0 radical (unpaired) electrons. The van der Waals surface area contributed by atoms with E-state index in [9.17, 15) is 13.2 Å². The summed E-state index contributed by atoms with van der Waals surface area (Å²) in [5.74, 6) is -0.403. The summed E-state index contributed by atoms with van der Waals surface area (Å²) in [6, 6.07) is 18.8.